The van der Waals surface area contributed by atoms with Gasteiger partial charge in [-0.25, -0.2) is 4.98 Å². The van der Waals surface area contributed by atoms with Crippen LogP contribution in [0.2, 0.25) is 15.1 Å². The van der Waals surface area contributed by atoms with Gasteiger partial charge in [0.2, 0.25) is 5.91 Å². The van der Waals surface area contributed by atoms with Crippen molar-refractivity contribution in [1.29, 1.82) is 0 Å². The monoisotopic (exact) mass is 381 g/mol. The number of rotatable bonds is 3. The molecule has 0 fully saturated rings. The van der Waals surface area contributed by atoms with Crippen molar-refractivity contribution in [2.75, 3.05) is 5.32 Å². The first-order chi connectivity index (χ1) is 11.5. The molecule has 122 valence electrons. The molecule has 1 amide bonds. The fourth-order valence-corrected chi connectivity index (χ4v) is 2.85. The van der Waals surface area contributed by atoms with Crippen LogP contribution in [0.3, 0.4) is 0 Å². The molecule has 0 aliphatic rings. The number of amides is 1. The summed E-state index contributed by atoms with van der Waals surface area (Å²) in [5.41, 5.74) is 0.440. The van der Waals surface area contributed by atoms with Crippen molar-refractivity contribution in [3.63, 3.8) is 0 Å². The van der Waals surface area contributed by atoms with Gasteiger partial charge in [0.05, 0.1) is 33.0 Å². The maximum absolute atomic E-state index is 12.4. The number of hydrogen-bond donors (Lipinski definition) is 1. The highest BCUT2D eigenvalue weighted by molar-refractivity contribution is 6.39. The van der Waals surface area contributed by atoms with Gasteiger partial charge in [-0.2, -0.15) is 0 Å². The van der Waals surface area contributed by atoms with Crippen LogP contribution in [0.25, 0.3) is 10.9 Å². The highest BCUT2D eigenvalue weighted by atomic mass is 35.5. The molecule has 5 nitrogen and oxygen atoms in total. The summed E-state index contributed by atoms with van der Waals surface area (Å²) in [5, 5.41) is 4.09. The topological polar surface area (TPSA) is 64.0 Å². The predicted octanol–water partition coefficient (Wildman–Crippen LogP) is 4.00. The van der Waals surface area contributed by atoms with Gasteiger partial charge in [0.25, 0.3) is 5.56 Å². The summed E-state index contributed by atoms with van der Waals surface area (Å²) < 4.78 is 1.20. The Morgan fingerprint density at radius 1 is 1.12 bits per heavy atom. The Morgan fingerprint density at radius 3 is 2.54 bits per heavy atom. The average Bonchev–Trinajstić information content (AvgIpc) is 2.54. The average molecular weight is 383 g/mol. The van der Waals surface area contributed by atoms with E-state index in [4.69, 9.17) is 34.8 Å². The lowest BCUT2D eigenvalue weighted by Gasteiger charge is -2.10. The highest BCUT2D eigenvalue weighted by Gasteiger charge is 2.12. The van der Waals surface area contributed by atoms with E-state index in [0.717, 1.165) is 0 Å². The van der Waals surface area contributed by atoms with Crippen LogP contribution in [0.5, 0.6) is 0 Å². The standard InChI is InChI=1S/C16H10Cl3N3O2/c17-9-4-5-10-13(6-9)20-8-22(16(10)24)7-14(23)21-15-11(18)2-1-3-12(15)19/h1-6,8H,7H2,(H,21,23). The first-order valence-electron chi connectivity index (χ1n) is 6.84. The van der Waals surface area contributed by atoms with E-state index in [9.17, 15) is 9.59 Å². The Balaban J connectivity index is 1.87. The lowest BCUT2D eigenvalue weighted by molar-refractivity contribution is -0.116. The largest absolute Gasteiger partial charge is 0.322 e. The molecule has 0 unspecified atom stereocenters. The third-order valence-electron chi connectivity index (χ3n) is 3.33. The number of para-hydroxylation sites is 1. The van der Waals surface area contributed by atoms with Gasteiger partial charge >= 0.3 is 0 Å². The van der Waals surface area contributed by atoms with E-state index in [2.05, 4.69) is 10.3 Å². The molecule has 0 aliphatic carbocycles. The van der Waals surface area contributed by atoms with E-state index in [1.807, 2.05) is 0 Å². The summed E-state index contributed by atoms with van der Waals surface area (Å²) >= 11 is 17.9. The zero-order valence-corrected chi connectivity index (χ0v) is 14.4. The summed E-state index contributed by atoms with van der Waals surface area (Å²) in [4.78, 5) is 28.7. The van der Waals surface area contributed by atoms with E-state index >= 15 is 0 Å². The quantitative estimate of drug-likeness (QED) is 0.745. The van der Waals surface area contributed by atoms with Crippen LogP contribution in [0.1, 0.15) is 0 Å². The lowest BCUT2D eigenvalue weighted by atomic mass is 10.2. The number of nitrogens with zero attached hydrogens (tertiary/aromatic N) is 2. The fourth-order valence-electron chi connectivity index (χ4n) is 2.20. The van der Waals surface area contributed by atoms with Crippen LogP contribution in [0.4, 0.5) is 5.69 Å². The highest BCUT2D eigenvalue weighted by Crippen LogP contribution is 2.29. The molecule has 1 N–H and O–H groups in total. The van der Waals surface area contributed by atoms with Crippen LogP contribution < -0.4 is 10.9 Å². The molecule has 0 aliphatic heterocycles. The van der Waals surface area contributed by atoms with E-state index in [-0.39, 0.29) is 12.1 Å². The molecule has 3 rings (SSSR count). The third kappa shape index (κ3) is 3.38. The normalized spacial score (nSPS) is 10.8. The number of aromatic nitrogens is 2. The number of benzene rings is 2. The smallest absolute Gasteiger partial charge is 0.261 e. The third-order valence-corrected chi connectivity index (χ3v) is 4.19. The van der Waals surface area contributed by atoms with Crippen molar-refractivity contribution in [2.45, 2.75) is 6.54 Å². The van der Waals surface area contributed by atoms with E-state index < -0.39 is 5.91 Å². The zero-order chi connectivity index (χ0) is 17.3. The molecule has 0 spiro atoms. The number of nitrogens with one attached hydrogen (secondary N) is 1. The summed E-state index contributed by atoms with van der Waals surface area (Å²) in [6.07, 6.45) is 1.30. The zero-order valence-electron chi connectivity index (χ0n) is 12.1. The second kappa shape index (κ2) is 6.81. The minimum atomic E-state index is -0.442. The van der Waals surface area contributed by atoms with Gasteiger partial charge in [-0.05, 0) is 30.3 Å². The Bertz CT molecular complexity index is 981. The number of halogens is 3. The summed E-state index contributed by atoms with van der Waals surface area (Å²) in [6, 6.07) is 9.65. The summed E-state index contributed by atoms with van der Waals surface area (Å²) in [5.74, 6) is -0.442. The molecule has 1 aromatic heterocycles. The second-order valence-corrected chi connectivity index (χ2v) is 6.23. The van der Waals surface area contributed by atoms with Gasteiger partial charge in [0, 0.05) is 5.02 Å². The number of fused-ring (bicyclic) bond motifs is 1. The van der Waals surface area contributed by atoms with Crippen molar-refractivity contribution in [3.05, 3.63) is 68.1 Å². The molecule has 0 radical (unpaired) electrons. The molecular formula is C16H10Cl3N3O2. The second-order valence-electron chi connectivity index (χ2n) is 4.98. The number of hydrogen-bond acceptors (Lipinski definition) is 3. The molecule has 3 aromatic rings. The fraction of sp³-hybridized carbons (Fsp3) is 0.0625. The SMILES string of the molecule is O=C(Cn1cnc2cc(Cl)ccc2c1=O)Nc1c(Cl)cccc1Cl. The molecule has 0 atom stereocenters. The molecule has 2 aromatic carbocycles. The van der Waals surface area contributed by atoms with Gasteiger partial charge in [-0.15, -0.1) is 0 Å². The summed E-state index contributed by atoms with van der Waals surface area (Å²) in [7, 11) is 0. The van der Waals surface area contributed by atoms with Gasteiger partial charge in [0.1, 0.15) is 6.54 Å². The van der Waals surface area contributed by atoms with Crippen molar-refractivity contribution in [3.8, 4) is 0 Å². The number of carbonyl (C=O) groups is 1. The molecule has 1 heterocycles. The van der Waals surface area contributed by atoms with Crippen LogP contribution in [-0.4, -0.2) is 15.5 Å². The minimum absolute atomic E-state index is 0.216. The first kappa shape index (κ1) is 16.8. The number of carbonyl (C=O) groups excluding carboxylic acids is 1. The first-order valence-corrected chi connectivity index (χ1v) is 7.97. The van der Waals surface area contributed by atoms with Crippen molar-refractivity contribution in [2.24, 2.45) is 0 Å². The molecule has 24 heavy (non-hydrogen) atoms. The van der Waals surface area contributed by atoms with Crippen molar-refractivity contribution < 1.29 is 4.79 Å². The Hall–Kier alpha value is -2.08. The Morgan fingerprint density at radius 2 is 1.83 bits per heavy atom. The lowest BCUT2D eigenvalue weighted by Crippen LogP contribution is -2.28. The van der Waals surface area contributed by atoms with Crippen LogP contribution in [0, 0.1) is 0 Å². The van der Waals surface area contributed by atoms with E-state index in [1.54, 1.807) is 36.4 Å². The molecule has 8 heteroatoms. The Kier molecular flexibility index (Phi) is 4.76. The molecule has 0 saturated carbocycles. The van der Waals surface area contributed by atoms with E-state index in [0.29, 0.717) is 31.7 Å². The van der Waals surface area contributed by atoms with Crippen molar-refractivity contribution >= 4 is 57.3 Å². The molecule has 0 saturated heterocycles. The van der Waals surface area contributed by atoms with Crippen LogP contribution in [-0.2, 0) is 11.3 Å². The van der Waals surface area contributed by atoms with Gasteiger partial charge < -0.3 is 5.32 Å². The summed E-state index contributed by atoms with van der Waals surface area (Å²) in [6.45, 7) is -0.216. The van der Waals surface area contributed by atoms with Gasteiger partial charge in [0.15, 0.2) is 0 Å². The van der Waals surface area contributed by atoms with Gasteiger partial charge in [-0.1, -0.05) is 40.9 Å². The Labute approximate surface area is 151 Å². The van der Waals surface area contributed by atoms with Gasteiger partial charge in [-0.3, -0.25) is 14.2 Å². The van der Waals surface area contributed by atoms with Crippen molar-refractivity contribution in [1.82, 2.24) is 9.55 Å². The van der Waals surface area contributed by atoms with Crippen LogP contribution in [0.15, 0.2) is 47.5 Å². The van der Waals surface area contributed by atoms with Crippen LogP contribution >= 0.6 is 34.8 Å². The minimum Gasteiger partial charge on any atom is -0.322 e. The molecular weight excluding hydrogens is 373 g/mol. The maximum atomic E-state index is 12.4. The molecule has 0 bridgehead atoms. The number of anilines is 1. The predicted molar refractivity (Wildman–Crippen MR) is 96.1 cm³/mol. The van der Waals surface area contributed by atoms with E-state index in [1.165, 1.54) is 10.9 Å². The maximum Gasteiger partial charge on any atom is 0.261 e.